The van der Waals surface area contributed by atoms with Gasteiger partial charge in [-0.2, -0.15) is 5.10 Å². The molecule has 1 saturated heterocycles. The first-order chi connectivity index (χ1) is 12.1. The number of aromatic nitrogens is 2. The van der Waals surface area contributed by atoms with E-state index in [2.05, 4.69) is 20.6 Å². The highest BCUT2D eigenvalue weighted by Crippen LogP contribution is 2.29. The van der Waals surface area contributed by atoms with Gasteiger partial charge in [0.1, 0.15) is 0 Å². The van der Waals surface area contributed by atoms with Crippen molar-refractivity contribution in [2.75, 3.05) is 26.8 Å². The first-order valence-electron chi connectivity index (χ1n) is 9.38. The molecule has 1 aliphatic heterocycles. The number of amides is 2. The quantitative estimate of drug-likeness (QED) is 0.784. The van der Waals surface area contributed by atoms with Gasteiger partial charge in [-0.3, -0.25) is 4.68 Å². The second-order valence-electron chi connectivity index (χ2n) is 7.23. The van der Waals surface area contributed by atoms with E-state index >= 15 is 0 Å². The zero-order chi connectivity index (χ0) is 17.8. The summed E-state index contributed by atoms with van der Waals surface area (Å²) in [5, 5.41) is 10.7. The second kappa shape index (κ2) is 8.19. The van der Waals surface area contributed by atoms with Crippen molar-refractivity contribution in [1.82, 2.24) is 25.3 Å². The second-order valence-corrected chi connectivity index (χ2v) is 7.23. The summed E-state index contributed by atoms with van der Waals surface area (Å²) in [7, 11) is 1.69. The Morgan fingerprint density at radius 1 is 1.24 bits per heavy atom. The van der Waals surface area contributed by atoms with Gasteiger partial charge in [0.15, 0.2) is 0 Å². The Labute approximate surface area is 150 Å². The number of carbonyl (C=O) groups excluding carboxylic acids is 1. The van der Waals surface area contributed by atoms with E-state index in [1.54, 1.807) is 7.11 Å². The fourth-order valence-electron chi connectivity index (χ4n) is 3.64. The van der Waals surface area contributed by atoms with Crippen LogP contribution in [0.15, 0.2) is 0 Å². The van der Waals surface area contributed by atoms with Crippen molar-refractivity contribution < 1.29 is 9.53 Å². The van der Waals surface area contributed by atoms with E-state index in [0.29, 0.717) is 19.2 Å². The Bertz CT molecular complexity index is 589. The molecule has 1 aromatic heterocycles. The van der Waals surface area contributed by atoms with Crippen LogP contribution in [-0.2, 0) is 17.8 Å². The average molecular weight is 349 g/mol. The molecule has 140 valence electrons. The number of methoxy groups -OCH3 is 1. The molecule has 2 fully saturated rings. The molecule has 1 saturated carbocycles. The number of carbonyl (C=O) groups is 1. The van der Waals surface area contributed by atoms with Crippen molar-refractivity contribution in [3.8, 4) is 0 Å². The molecule has 3 rings (SSSR count). The predicted octanol–water partition coefficient (Wildman–Crippen LogP) is 1.57. The lowest BCUT2D eigenvalue weighted by Crippen LogP contribution is -2.48. The van der Waals surface area contributed by atoms with Crippen molar-refractivity contribution in [2.45, 2.75) is 64.7 Å². The maximum absolute atomic E-state index is 12.2. The third-order valence-electron chi connectivity index (χ3n) is 5.39. The van der Waals surface area contributed by atoms with Crippen molar-refractivity contribution in [2.24, 2.45) is 0 Å². The largest absolute Gasteiger partial charge is 0.383 e. The Morgan fingerprint density at radius 3 is 2.60 bits per heavy atom. The van der Waals surface area contributed by atoms with E-state index < -0.39 is 0 Å². The lowest BCUT2D eigenvalue weighted by Gasteiger charge is -2.32. The number of ether oxygens (including phenoxy) is 1. The zero-order valence-electron chi connectivity index (χ0n) is 15.7. The average Bonchev–Trinajstić information content (AvgIpc) is 3.40. The summed E-state index contributed by atoms with van der Waals surface area (Å²) < 4.78 is 7.06. The highest BCUT2D eigenvalue weighted by Gasteiger charge is 2.32. The molecule has 7 nitrogen and oxygen atoms in total. The predicted molar refractivity (Wildman–Crippen MR) is 96.6 cm³/mol. The molecule has 1 aromatic rings. The smallest absolute Gasteiger partial charge is 0.315 e. The SMILES string of the molecule is COCCn1nc(C)c(CNC(=O)NC2CCN(C3CC3)CC2)c1C. The minimum Gasteiger partial charge on any atom is -0.383 e. The summed E-state index contributed by atoms with van der Waals surface area (Å²) in [6.45, 7) is 8.12. The van der Waals surface area contributed by atoms with Crippen LogP contribution in [0.5, 0.6) is 0 Å². The van der Waals surface area contributed by atoms with Gasteiger partial charge in [-0.15, -0.1) is 0 Å². The molecular formula is C18H31N5O2. The topological polar surface area (TPSA) is 71.4 Å². The Morgan fingerprint density at radius 2 is 1.96 bits per heavy atom. The van der Waals surface area contributed by atoms with E-state index in [1.807, 2.05) is 18.5 Å². The third kappa shape index (κ3) is 4.73. The number of rotatable bonds is 7. The van der Waals surface area contributed by atoms with Crippen molar-refractivity contribution >= 4 is 6.03 Å². The summed E-state index contributed by atoms with van der Waals surface area (Å²) >= 11 is 0. The highest BCUT2D eigenvalue weighted by molar-refractivity contribution is 5.74. The lowest BCUT2D eigenvalue weighted by atomic mass is 10.1. The zero-order valence-corrected chi connectivity index (χ0v) is 15.7. The standard InChI is InChI=1S/C18H31N5O2/c1-13-17(14(2)23(21-13)10-11-25-3)12-19-18(24)20-15-6-8-22(9-7-15)16-4-5-16/h15-16H,4-12H2,1-3H3,(H2,19,20,24). The van der Waals surface area contributed by atoms with Gasteiger partial charge in [-0.05, 0) is 39.5 Å². The van der Waals surface area contributed by atoms with Gasteiger partial charge in [0, 0.05) is 50.1 Å². The summed E-state index contributed by atoms with van der Waals surface area (Å²) in [6, 6.07) is 1.05. The molecule has 25 heavy (non-hydrogen) atoms. The minimum absolute atomic E-state index is 0.0756. The highest BCUT2D eigenvalue weighted by atomic mass is 16.5. The summed E-state index contributed by atoms with van der Waals surface area (Å²) in [4.78, 5) is 14.8. The van der Waals surface area contributed by atoms with Crippen LogP contribution >= 0.6 is 0 Å². The van der Waals surface area contributed by atoms with Crippen LogP contribution < -0.4 is 10.6 Å². The van der Waals surface area contributed by atoms with Crippen molar-refractivity contribution in [3.63, 3.8) is 0 Å². The molecule has 7 heteroatoms. The van der Waals surface area contributed by atoms with Gasteiger partial charge < -0.3 is 20.3 Å². The molecule has 1 aliphatic carbocycles. The van der Waals surface area contributed by atoms with Gasteiger partial charge in [-0.1, -0.05) is 0 Å². The maximum Gasteiger partial charge on any atom is 0.315 e. The normalized spacial score (nSPS) is 19.2. The van der Waals surface area contributed by atoms with Crippen LogP contribution in [-0.4, -0.2) is 59.6 Å². The van der Waals surface area contributed by atoms with Gasteiger partial charge in [0.2, 0.25) is 0 Å². The van der Waals surface area contributed by atoms with Crippen molar-refractivity contribution in [1.29, 1.82) is 0 Å². The number of piperidine rings is 1. The van der Waals surface area contributed by atoms with E-state index in [9.17, 15) is 4.79 Å². The number of aryl methyl sites for hydroxylation is 1. The van der Waals surface area contributed by atoms with Crippen LogP contribution in [0.1, 0.15) is 42.6 Å². The van der Waals surface area contributed by atoms with Gasteiger partial charge in [-0.25, -0.2) is 4.79 Å². The molecule has 0 bridgehead atoms. The molecule has 2 aliphatic rings. The molecular weight excluding hydrogens is 318 g/mol. The van der Waals surface area contributed by atoms with Crippen LogP contribution in [0, 0.1) is 13.8 Å². The Hall–Kier alpha value is -1.60. The summed E-state index contributed by atoms with van der Waals surface area (Å²) in [5.74, 6) is 0. The Kier molecular flexibility index (Phi) is 5.96. The molecule has 0 spiro atoms. The maximum atomic E-state index is 12.2. The van der Waals surface area contributed by atoms with Crippen LogP contribution in [0.4, 0.5) is 4.79 Å². The molecule has 2 amide bonds. The summed E-state index contributed by atoms with van der Waals surface area (Å²) in [5.41, 5.74) is 3.15. The fraction of sp³-hybridized carbons (Fsp3) is 0.778. The van der Waals surface area contributed by atoms with E-state index in [4.69, 9.17) is 4.74 Å². The first-order valence-corrected chi connectivity index (χ1v) is 9.38. The van der Waals surface area contributed by atoms with Gasteiger partial charge in [0.05, 0.1) is 18.8 Å². The minimum atomic E-state index is -0.0756. The van der Waals surface area contributed by atoms with Crippen LogP contribution in [0.3, 0.4) is 0 Å². The van der Waals surface area contributed by atoms with Crippen LogP contribution in [0.2, 0.25) is 0 Å². The molecule has 0 unspecified atom stereocenters. The third-order valence-corrected chi connectivity index (χ3v) is 5.39. The molecule has 2 N–H and O–H groups in total. The Balaban J connectivity index is 1.43. The molecule has 2 heterocycles. The lowest BCUT2D eigenvalue weighted by molar-refractivity contribution is 0.182. The van der Waals surface area contributed by atoms with E-state index in [0.717, 1.165) is 55.5 Å². The number of hydrogen-bond donors (Lipinski definition) is 2. The van der Waals surface area contributed by atoms with Gasteiger partial charge in [0.25, 0.3) is 0 Å². The molecule has 0 aromatic carbocycles. The number of hydrogen-bond acceptors (Lipinski definition) is 4. The monoisotopic (exact) mass is 349 g/mol. The van der Waals surface area contributed by atoms with Crippen LogP contribution in [0.25, 0.3) is 0 Å². The number of likely N-dealkylation sites (tertiary alicyclic amines) is 1. The van der Waals surface area contributed by atoms with E-state index in [-0.39, 0.29) is 6.03 Å². The summed E-state index contributed by atoms with van der Waals surface area (Å²) in [6.07, 6.45) is 4.82. The molecule has 0 radical (unpaired) electrons. The number of nitrogens with one attached hydrogen (secondary N) is 2. The number of nitrogens with zero attached hydrogens (tertiary/aromatic N) is 3. The van der Waals surface area contributed by atoms with Gasteiger partial charge >= 0.3 is 6.03 Å². The fourth-order valence-corrected chi connectivity index (χ4v) is 3.64. The van der Waals surface area contributed by atoms with E-state index in [1.165, 1.54) is 12.8 Å². The van der Waals surface area contributed by atoms with Crippen molar-refractivity contribution in [3.05, 3.63) is 17.0 Å². The molecule has 0 atom stereocenters. The number of urea groups is 1. The first kappa shape index (κ1) is 18.2.